The van der Waals surface area contributed by atoms with Gasteiger partial charge in [0, 0.05) is 32.0 Å². The Morgan fingerprint density at radius 2 is 2.00 bits per heavy atom. The van der Waals surface area contributed by atoms with Gasteiger partial charge in [-0.1, -0.05) is 0 Å². The maximum Gasteiger partial charge on any atom is 0.144 e. The molecule has 0 saturated carbocycles. The first-order chi connectivity index (χ1) is 8.31. The fourth-order valence-electron chi connectivity index (χ4n) is 2.10. The molecule has 1 aliphatic heterocycles. The molecule has 4 heteroatoms. The average molecular weight is 236 g/mol. The molecule has 17 heavy (non-hydrogen) atoms. The lowest BCUT2D eigenvalue weighted by molar-refractivity contribution is 0.146. The van der Waals surface area contributed by atoms with Crippen molar-refractivity contribution in [3.8, 4) is 5.75 Å². The van der Waals surface area contributed by atoms with Crippen LogP contribution in [-0.4, -0.2) is 33.4 Å². The van der Waals surface area contributed by atoms with E-state index in [9.17, 15) is 0 Å². The van der Waals surface area contributed by atoms with E-state index < -0.39 is 0 Å². The molecule has 0 aromatic heterocycles. The minimum absolute atomic E-state index is 0.556. The molecule has 1 saturated heterocycles. The minimum atomic E-state index is 0.556. The molecule has 94 valence electrons. The van der Waals surface area contributed by atoms with Crippen LogP contribution in [-0.2, 0) is 4.74 Å². The first kappa shape index (κ1) is 12.0. The number of nitrogen functional groups attached to an aromatic ring is 1. The van der Waals surface area contributed by atoms with Gasteiger partial charge in [0.15, 0.2) is 0 Å². The van der Waals surface area contributed by atoms with E-state index in [0.717, 1.165) is 30.2 Å². The number of hydrogen-bond donors (Lipinski definition) is 1. The van der Waals surface area contributed by atoms with Gasteiger partial charge >= 0.3 is 0 Å². The smallest absolute Gasteiger partial charge is 0.144 e. The monoisotopic (exact) mass is 236 g/mol. The maximum atomic E-state index is 5.80. The summed E-state index contributed by atoms with van der Waals surface area (Å²) in [6.07, 6.45) is 2.50. The molecular formula is C13H20N2O2. The second kappa shape index (κ2) is 5.77. The number of ether oxygens (including phenoxy) is 2. The lowest BCUT2D eigenvalue weighted by Gasteiger charge is -2.21. The van der Waals surface area contributed by atoms with Crippen molar-refractivity contribution in [3.05, 3.63) is 18.2 Å². The van der Waals surface area contributed by atoms with Crippen molar-refractivity contribution in [1.29, 1.82) is 0 Å². The van der Waals surface area contributed by atoms with Gasteiger partial charge in [-0.05, 0) is 25.0 Å². The Hall–Kier alpha value is -1.42. The van der Waals surface area contributed by atoms with Crippen LogP contribution in [0, 0.1) is 0 Å². The third-order valence-electron chi connectivity index (χ3n) is 2.98. The first-order valence-corrected chi connectivity index (χ1v) is 6.07. The zero-order valence-corrected chi connectivity index (χ0v) is 10.3. The Morgan fingerprint density at radius 3 is 2.71 bits per heavy atom. The molecule has 4 nitrogen and oxygen atoms in total. The predicted molar refractivity (Wildman–Crippen MR) is 69.7 cm³/mol. The van der Waals surface area contributed by atoms with Crippen molar-refractivity contribution >= 4 is 11.4 Å². The van der Waals surface area contributed by atoms with Crippen molar-refractivity contribution < 1.29 is 9.47 Å². The molecule has 2 N–H and O–H groups in total. The fraction of sp³-hybridized carbons (Fsp3) is 0.538. The Morgan fingerprint density at radius 1 is 1.24 bits per heavy atom. The van der Waals surface area contributed by atoms with Gasteiger partial charge in [0.25, 0.3) is 0 Å². The molecule has 1 heterocycles. The molecule has 0 amide bonds. The molecule has 0 atom stereocenters. The van der Waals surface area contributed by atoms with Crippen LogP contribution in [0.3, 0.4) is 0 Å². The van der Waals surface area contributed by atoms with Crippen molar-refractivity contribution in [3.63, 3.8) is 0 Å². The SMILES string of the molecule is COCCOc1cc(N)ccc1N1CCCC1. The quantitative estimate of drug-likeness (QED) is 0.626. The van der Waals surface area contributed by atoms with Gasteiger partial charge in [-0.2, -0.15) is 0 Å². The molecule has 0 spiro atoms. The predicted octanol–water partition coefficient (Wildman–Crippen LogP) is 1.89. The van der Waals surface area contributed by atoms with E-state index in [1.807, 2.05) is 18.2 Å². The molecule has 1 aromatic carbocycles. The molecule has 0 bridgehead atoms. The largest absolute Gasteiger partial charge is 0.489 e. The Labute approximate surface area is 102 Å². The minimum Gasteiger partial charge on any atom is -0.489 e. The molecule has 2 rings (SSSR count). The van der Waals surface area contributed by atoms with Crippen molar-refractivity contribution in [2.45, 2.75) is 12.8 Å². The van der Waals surface area contributed by atoms with Crippen molar-refractivity contribution in [2.24, 2.45) is 0 Å². The molecule has 1 aliphatic rings. The highest BCUT2D eigenvalue weighted by Crippen LogP contribution is 2.32. The van der Waals surface area contributed by atoms with Gasteiger partial charge in [-0.25, -0.2) is 0 Å². The van der Waals surface area contributed by atoms with Crippen molar-refractivity contribution in [1.82, 2.24) is 0 Å². The van der Waals surface area contributed by atoms with Crippen LogP contribution < -0.4 is 15.4 Å². The highest BCUT2D eigenvalue weighted by atomic mass is 16.5. The molecule has 0 aliphatic carbocycles. The molecule has 0 unspecified atom stereocenters. The summed E-state index contributed by atoms with van der Waals surface area (Å²) >= 11 is 0. The highest BCUT2D eigenvalue weighted by molar-refractivity contribution is 5.64. The first-order valence-electron chi connectivity index (χ1n) is 6.07. The number of hydrogen-bond acceptors (Lipinski definition) is 4. The number of nitrogens with two attached hydrogens (primary N) is 1. The summed E-state index contributed by atoms with van der Waals surface area (Å²) in [4.78, 5) is 2.35. The van der Waals surface area contributed by atoms with Gasteiger partial charge < -0.3 is 20.1 Å². The summed E-state index contributed by atoms with van der Waals surface area (Å²) in [5.41, 5.74) is 7.68. The average Bonchev–Trinajstić information content (AvgIpc) is 2.83. The second-order valence-corrected chi connectivity index (χ2v) is 4.26. The molecule has 0 radical (unpaired) electrons. The van der Waals surface area contributed by atoms with E-state index >= 15 is 0 Å². The van der Waals surface area contributed by atoms with Gasteiger partial charge in [0.05, 0.1) is 12.3 Å². The zero-order valence-electron chi connectivity index (χ0n) is 10.3. The lowest BCUT2D eigenvalue weighted by Crippen LogP contribution is -2.19. The van der Waals surface area contributed by atoms with Gasteiger partial charge in [0.2, 0.25) is 0 Å². The third-order valence-corrected chi connectivity index (χ3v) is 2.98. The summed E-state index contributed by atoms with van der Waals surface area (Å²) < 4.78 is 10.7. The van der Waals surface area contributed by atoms with Gasteiger partial charge in [-0.3, -0.25) is 0 Å². The summed E-state index contributed by atoms with van der Waals surface area (Å²) in [6.45, 7) is 3.35. The number of anilines is 2. The number of nitrogens with zero attached hydrogens (tertiary/aromatic N) is 1. The van der Waals surface area contributed by atoms with Gasteiger partial charge in [-0.15, -0.1) is 0 Å². The van der Waals surface area contributed by atoms with Crippen LogP contribution in [0.25, 0.3) is 0 Å². The van der Waals surface area contributed by atoms with Crippen molar-refractivity contribution in [2.75, 3.05) is 44.0 Å². The topological polar surface area (TPSA) is 47.7 Å². The molecule has 1 aromatic rings. The normalized spacial score (nSPS) is 15.2. The summed E-state index contributed by atoms with van der Waals surface area (Å²) in [5.74, 6) is 0.865. The van der Waals surface area contributed by atoms with Crippen LogP contribution in [0.1, 0.15) is 12.8 Å². The summed E-state index contributed by atoms with van der Waals surface area (Å²) in [6, 6.07) is 5.86. The third kappa shape index (κ3) is 3.03. The maximum absolute atomic E-state index is 5.80. The second-order valence-electron chi connectivity index (χ2n) is 4.26. The standard InChI is InChI=1S/C13H20N2O2/c1-16-8-9-17-13-10-11(14)4-5-12(13)15-6-2-3-7-15/h4-5,10H,2-3,6-9,14H2,1H3. The van der Waals surface area contributed by atoms with Crippen LogP contribution >= 0.6 is 0 Å². The summed E-state index contributed by atoms with van der Waals surface area (Å²) in [5, 5.41) is 0. The van der Waals surface area contributed by atoms with E-state index in [-0.39, 0.29) is 0 Å². The van der Waals surface area contributed by atoms with E-state index in [2.05, 4.69) is 4.90 Å². The van der Waals surface area contributed by atoms with Crippen LogP contribution in [0.4, 0.5) is 11.4 Å². The highest BCUT2D eigenvalue weighted by Gasteiger charge is 2.16. The van der Waals surface area contributed by atoms with E-state index in [1.165, 1.54) is 12.8 Å². The molecular weight excluding hydrogens is 216 g/mol. The van der Waals surface area contributed by atoms with E-state index in [1.54, 1.807) is 7.11 Å². The fourth-order valence-corrected chi connectivity index (χ4v) is 2.10. The Balaban J connectivity index is 2.12. The van der Waals surface area contributed by atoms with Crippen LogP contribution in [0.2, 0.25) is 0 Å². The van der Waals surface area contributed by atoms with Crippen LogP contribution in [0.5, 0.6) is 5.75 Å². The Bertz CT molecular complexity index is 362. The molecule has 1 fully saturated rings. The van der Waals surface area contributed by atoms with Gasteiger partial charge in [0.1, 0.15) is 12.4 Å². The zero-order chi connectivity index (χ0) is 12.1. The van der Waals surface area contributed by atoms with Crippen LogP contribution in [0.15, 0.2) is 18.2 Å². The van der Waals surface area contributed by atoms with E-state index in [0.29, 0.717) is 13.2 Å². The number of rotatable bonds is 5. The lowest BCUT2D eigenvalue weighted by atomic mass is 10.2. The summed E-state index contributed by atoms with van der Waals surface area (Å²) in [7, 11) is 1.67. The number of methoxy groups -OCH3 is 1. The Kier molecular flexibility index (Phi) is 4.09. The van der Waals surface area contributed by atoms with E-state index in [4.69, 9.17) is 15.2 Å². The number of benzene rings is 1.